The summed E-state index contributed by atoms with van der Waals surface area (Å²) < 4.78 is 6.58. The van der Waals surface area contributed by atoms with Crippen molar-refractivity contribution in [2.75, 3.05) is 26.7 Å². The van der Waals surface area contributed by atoms with Gasteiger partial charge in [0.15, 0.2) is 5.58 Å². The van der Waals surface area contributed by atoms with Gasteiger partial charge >= 0.3 is 5.76 Å². The van der Waals surface area contributed by atoms with Crippen LogP contribution in [0.3, 0.4) is 0 Å². The fourth-order valence-electron chi connectivity index (χ4n) is 2.59. The Morgan fingerprint density at radius 1 is 1.12 bits per heavy atom. The molecule has 0 aliphatic heterocycles. The van der Waals surface area contributed by atoms with Crippen LogP contribution in [0.2, 0.25) is 0 Å². The van der Waals surface area contributed by atoms with Gasteiger partial charge in [-0.3, -0.25) is 14.2 Å². The molecule has 0 spiro atoms. The highest BCUT2D eigenvalue weighted by Gasteiger charge is 2.17. The number of rotatable bonds is 7. The number of hydrogen-bond donors (Lipinski definition) is 0. The molecular weight excluding hydrogens is 310 g/mol. The second-order valence-corrected chi connectivity index (χ2v) is 5.55. The number of carbonyl (C=O) groups is 2. The van der Waals surface area contributed by atoms with Crippen LogP contribution in [0.15, 0.2) is 33.5 Å². The fraction of sp³-hybridized carbons (Fsp3) is 0.471. The Morgan fingerprint density at radius 2 is 1.79 bits per heavy atom. The van der Waals surface area contributed by atoms with Gasteiger partial charge < -0.3 is 14.2 Å². The molecule has 2 aromatic rings. The highest BCUT2D eigenvalue weighted by Crippen LogP contribution is 2.12. The van der Waals surface area contributed by atoms with Crippen molar-refractivity contribution in [2.45, 2.75) is 26.8 Å². The van der Waals surface area contributed by atoms with Crippen LogP contribution in [-0.4, -0.2) is 52.9 Å². The van der Waals surface area contributed by atoms with Crippen LogP contribution in [0.25, 0.3) is 11.1 Å². The first-order valence-electron chi connectivity index (χ1n) is 8.08. The first-order chi connectivity index (χ1) is 11.5. The van der Waals surface area contributed by atoms with E-state index in [1.807, 2.05) is 19.9 Å². The molecular formula is C17H23N3O4. The summed E-state index contributed by atoms with van der Waals surface area (Å²) in [6, 6.07) is 7.08. The Bertz CT molecular complexity index is 773. The average Bonchev–Trinajstić information content (AvgIpc) is 2.88. The second kappa shape index (κ2) is 7.81. The summed E-state index contributed by atoms with van der Waals surface area (Å²) in [5.41, 5.74) is 1.16. The molecule has 0 aliphatic carbocycles. The summed E-state index contributed by atoms with van der Waals surface area (Å²) >= 11 is 0. The van der Waals surface area contributed by atoms with E-state index in [9.17, 15) is 14.4 Å². The minimum Gasteiger partial charge on any atom is -0.408 e. The molecule has 130 valence electrons. The Kier molecular flexibility index (Phi) is 5.78. The smallest absolute Gasteiger partial charge is 0.408 e. The monoisotopic (exact) mass is 333 g/mol. The third-order valence-corrected chi connectivity index (χ3v) is 4.04. The molecule has 0 bridgehead atoms. The number of oxazole rings is 1. The normalized spacial score (nSPS) is 10.8. The van der Waals surface area contributed by atoms with E-state index in [4.69, 9.17) is 4.42 Å². The van der Waals surface area contributed by atoms with Crippen molar-refractivity contribution in [2.24, 2.45) is 0 Å². The van der Waals surface area contributed by atoms with E-state index in [-0.39, 0.29) is 31.3 Å². The van der Waals surface area contributed by atoms with E-state index in [1.54, 1.807) is 30.1 Å². The molecule has 7 heteroatoms. The quantitative estimate of drug-likeness (QED) is 0.765. The molecule has 0 aliphatic rings. The predicted molar refractivity (Wildman–Crippen MR) is 90.7 cm³/mol. The van der Waals surface area contributed by atoms with E-state index >= 15 is 0 Å². The minimum atomic E-state index is -0.481. The van der Waals surface area contributed by atoms with Gasteiger partial charge in [0, 0.05) is 33.1 Å². The molecule has 0 unspecified atom stereocenters. The molecule has 2 rings (SSSR count). The van der Waals surface area contributed by atoms with Gasteiger partial charge in [-0.1, -0.05) is 12.1 Å². The standard InChI is InChI=1S/C17H23N3O4/c1-4-19(5-2)16(22)12-18(3)15(21)10-11-20-13-8-6-7-9-14(13)24-17(20)23/h6-9H,4-5,10-12H2,1-3H3. The maximum atomic E-state index is 12.2. The highest BCUT2D eigenvalue weighted by molar-refractivity contribution is 5.84. The maximum absolute atomic E-state index is 12.2. The molecule has 1 heterocycles. The number of benzene rings is 1. The molecule has 0 radical (unpaired) electrons. The van der Waals surface area contributed by atoms with Crippen LogP contribution in [0.1, 0.15) is 20.3 Å². The summed E-state index contributed by atoms with van der Waals surface area (Å²) in [7, 11) is 1.60. The van der Waals surface area contributed by atoms with Gasteiger partial charge in [-0.25, -0.2) is 4.79 Å². The lowest BCUT2D eigenvalue weighted by molar-refractivity contribution is -0.139. The Hall–Kier alpha value is -2.57. The van der Waals surface area contributed by atoms with Crippen LogP contribution >= 0.6 is 0 Å². The van der Waals surface area contributed by atoms with Gasteiger partial charge in [0.1, 0.15) is 0 Å². The largest absolute Gasteiger partial charge is 0.419 e. The predicted octanol–water partition coefficient (Wildman–Crippen LogP) is 1.31. The van der Waals surface area contributed by atoms with Crippen molar-refractivity contribution >= 4 is 22.9 Å². The van der Waals surface area contributed by atoms with Crippen LogP contribution in [-0.2, 0) is 16.1 Å². The lowest BCUT2D eigenvalue weighted by atomic mass is 10.3. The molecule has 1 aromatic heterocycles. The molecule has 0 atom stereocenters. The molecule has 1 aromatic carbocycles. The fourth-order valence-corrected chi connectivity index (χ4v) is 2.59. The number of para-hydroxylation sites is 2. The molecule has 24 heavy (non-hydrogen) atoms. The van der Waals surface area contributed by atoms with Crippen molar-refractivity contribution in [3.05, 3.63) is 34.8 Å². The maximum Gasteiger partial charge on any atom is 0.419 e. The minimum absolute atomic E-state index is 0.0432. The highest BCUT2D eigenvalue weighted by atomic mass is 16.4. The number of hydrogen-bond acceptors (Lipinski definition) is 4. The van der Waals surface area contributed by atoms with Crippen LogP contribution in [0.4, 0.5) is 0 Å². The lowest BCUT2D eigenvalue weighted by Gasteiger charge is -2.23. The topological polar surface area (TPSA) is 75.8 Å². The summed E-state index contributed by atoms with van der Waals surface area (Å²) in [4.78, 5) is 39.2. The number of aromatic nitrogens is 1. The van der Waals surface area contributed by atoms with Crippen molar-refractivity contribution in [3.63, 3.8) is 0 Å². The average molecular weight is 333 g/mol. The Morgan fingerprint density at radius 3 is 2.46 bits per heavy atom. The first-order valence-corrected chi connectivity index (χ1v) is 8.08. The first kappa shape index (κ1) is 17.8. The Labute approximate surface area is 140 Å². The molecule has 0 saturated carbocycles. The van der Waals surface area contributed by atoms with E-state index in [0.29, 0.717) is 24.2 Å². The van der Waals surface area contributed by atoms with Crippen molar-refractivity contribution in [3.8, 4) is 0 Å². The number of amides is 2. The van der Waals surface area contributed by atoms with Crippen LogP contribution in [0.5, 0.6) is 0 Å². The van der Waals surface area contributed by atoms with Crippen molar-refractivity contribution < 1.29 is 14.0 Å². The van der Waals surface area contributed by atoms with Gasteiger partial charge in [0.25, 0.3) is 0 Å². The van der Waals surface area contributed by atoms with Crippen LogP contribution in [0, 0.1) is 0 Å². The molecule has 7 nitrogen and oxygen atoms in total. The second-order valence-electron chi connectivity index (χ2n) is 5.55. The number of aryl methyl sites for hydroxylation is 1. The van der Waals surface area contributed by atoms with E-state index < -0.39 is 5.76 Å². The summed E-state index contributed by atoms with van der Waals surface area (Å²) in [5.74, 6) is -0.750. The van der Waals surface area contributed by atoms with Gasteiger partial charge in [-0.2, -0.15) is 0 Å². The molecule has 0 saturated heterocycles. The van der Waals surface area contributed by atoms with Crippen molar-refractivity contribution in [1.82, 2.24) is 14.4 Å². The van der Waals surface area contributed by atoms with Gasteiger partial charge in [0.05, 0.1) is 12.1 Å². The summed E-state index contributed by atoms with van der Waals surface area (Å²) in [6.07, 6.45) is 0.130. The number of fused-ring (bicyclic) bond motifs is 1. The van der Waals surface area contributed by atoms with Gasteiger partial charge in [0.2, 0.25) is 11.8 Å². The number of nitrogens with zero attached hydrogens (tertiary/aromatic N) is 3. The zero-order valence-corrected chi connectivity index (χ0v) is 14.3. The third-order valence-electron chi connectivity index (χ3n) is 4.04. The van der Waals surface area contributed by atoms with Crippen LogP contribution < -0.4 is 5.76 Å². The molecule has 2 amide bonds. The van der Waals surface area contributed by atoms with Gasteiger partial charge in [-0.15, -0.1) is 0 Å². The van der Waals surface area contributed by atoms with E-state index in [2.05, 4.69) is 0 Å². The molecule has 0 N–H and O–H groups in total. The lowest BCUT2D eigenvalue weighted by Crippen LogP contribution is -2.41. The summed E-state index contributed by atoms with van der Waals surface area (Å²) in [6.45, 7) is 5.31. The number of carbonyl (C=O) groups excluding carboxylic acids is 2. The third kappa shape index (κ3) is 3.84. The zero-order valence-electron chi connectivity index (χ0n) is 14.3. The number of likely N-dealkylation sites (N-methyl/N-ethyl adjacent to an activating group) is 2. The SMILES string of the molecule is CCN(CC)C(=O)CN(C)C(=O)CCn1c(=O)oc2ccccc21. The van der Waals surface area contributed by atoms with Crippen molar-refractivity contribution in [1.29, 1.82) is 0 Å². The van der Waals surface area contributed by atoms with Gasteiger partial charge in [-0.05, 0) is 26.0 Å². The summed E-state index contributed by atoms with van der Waals surface area (Å²) in [5, 5.41) is 0. The van der Waals surface area contributed by atoms with E-state index in [1.165, 1.54) is 9.47 Å². The zero-order chi connectivity index (χ0) is 17.7. The van der Waals surface area contributed by atoms with E-state index in [0.717, 1.165) is 0 Å². The molecule has 0 fully saturated rings. The Balaban J connectivity index is 1.98.